The minimum absolute atomic E-state index is 0.135. The van der Waals surface area contributed by atoms with Crippen LogP contribution in [0.1, 0.15) is 30.1 Å². The number of likely N-dealkylation sites (tertiary alicyclic amines) is 1. The Morgan fingerprint density at radius 3 is 2.44 bits per heavy atom. The molecular weight excluding hydrogens is 240 g/mol. The molecule has 3 nitrogen and oxygen atoms in total. The smallest absolute Gasteiger partial charge is 0.253 e. The fourth-order valence-electron chi connectivity index (χ4n) is 2.00. The number of carbonyl (C=O) groups excluding carboxylic acids is 1. The maximum absolute atomic E-state index is 13.0. The van der Waals surface area contributed by atoms with Crippen LogP contribution < -0.4 is 0 Å². The van der Waals surface area contributed by atoms with Gasteiger partial charge < -0.3 is 10.0 Å². The lowest BCUT2D eigenvalue weighted by Crippen LogP contribution is -2.45. The Balaban J connectivity index is 2.10. The van der Waals surface area contributed by atoms with E-state index in [-0.39, 0.29) is 11.5 Å². The van der Waals surface area contributed by atoms with E-state index >= 15 is 0 Å². The van der Waals surface area contributed by atoms with Gasteiger partial charge in [0.25, 0.3) is 5.91 Å². The van der Waals surface area contributed by atoms with Gasteiger partial charge in [0.15, 0.2) is 11.6 Å². The number of benzene rings is 1. The lowest BCUT2D eigenvalue weighted by atomic mass is 9.93. The van der Waals surface area contributed by atoms with E-state index in [1.165, 1.54) is 6.07 Å². The Morgan fingerprint density at radius 2 is 1.89 bits per heavy atom. The van der Waals surface area contributed by atoms with Crippen molar-refractivity contribution in [2.45, 2.75) is 25.4 Å². The van der Waals surface area contributed by atoms with E-state index in [4.69, 9.17) is 0 Å². The molecule has 1 fully saturated rings. The summed E-state index contributed by atoms with van der Waals surface area (Å²) in [6.45, 7) is 2.57. The van der Waals surface area contributed by atoms with Crippen LogP contribution in [0.25, 0.3) is 0 Å². The molecule has 1 aliphatic heterocycles. The van der Waals surface area contributed by atoms with Crippen LogP contribution in [0.2, 0.25) is 0 Å². The molecule has 0 spiro atoms. The number of halogens is 2. The predicted molar refractivity (Wildman–Crippen MR) is 62.1 cm³/mol. The Morgan fingerprint density at radius 1 is 1.28 bits per heavy atom. The molecule has 0 atom stereocenters. The van der Waals surface area contributed by atoms with Crippen molar-refractivity contribution in [3.8, 4) is 0 Å². The van der Waals surface area contributed by atoms with Crippen molar-refractivity contribution in [1.82, 2.24) is 4.90 Å². The maximum Gasteiger partial charge on any atom is 0.253 e. The minimum Gasteiger partial charge on any atom is -0.390 e. The highest BCUT2D eigenvalue weighted by Crippen LogP contribution is 2.22. The van der Waals surface area contributed by atoms with Gasteiger partial charge in [-0.15, -0.1) is 0 Å². The molecule has 0 aliphatic carbocycles. The monoisotopic (exact) mass is 255 g/mol. The molecule has 1 heterocycles. The van der Waals surface area contributed by atoms with Crippen molar-refractivity contribution >= 4 is 5.91 Å². The van der Waals surface area contributed by atoms with Crippen molar-refractivity contribution in [2.24, 2.45) is 0 Å². The zero-order valence-electron chi connectivity index (χ0n) is 10.1. The van der Waals surface area contributed by atoms with Crippen LogP contribution in [0.3, 0.4) is 0 Å². The van der Waals surface area contributed by atoms with Gasteiger partial charge in [-0.1, -0.05) is 0 Å². The average Bonchev–Trinajstić information content (AvgIpc) is 2.32. The van der Waals surface area contributed by atoms with Crippen molar-refractivity contribution in [1.29, 1.82) is 0 Å². The first-order valence-electron chi connectivity index (χ1n) is 5.86. The summed E-state index contributed by atoms with van der Waals surface area (Å²) in [4.78, 5) is 13.6. The molecule has 1 aliphatic rings. The molecule has 0 aromatic heterocycles. The van der Waals surface area contributed by atoms with E-state index in [9.17, 15) is 18.7 Å². The van der Waals surface area contributed by atoms with Crippen LogP contribution >= 0.6 is 0 Å². The van der Waals surface area contributed by atoms with E-state index in [2.05, 4.69) is 0 Å². The molecule has 5 heteroatoms. The van der Waals surface area contributed by atoms with Crippen molar-refractivity contribution < 1.29 is 18.7 Å². The topological polar surface area (TPSA) is 40.5 Å². The summed E-state index contributed by atoms with van der Waals surface area (Å²) in [6.07, 6.45) is 0.977. The number of nitrogens with zero attached hydrogens (tertiary/aromatic N) is 1. The molecule has 1 aromatic rings. The van der Waals surface area contributed by atoms with Gasteiger partial charge in [0.05, 0.1) is 5.60 Å². The second-order valence-electron chi connectivity index (χ2n) is 4.92. The van der Waals surface area contributed by atoms with Gasteiger partial charge in [0.1, 0.15) is 0 Å². The number of amides is 1. The highest BCUT2D eigenvalue weighted by atomic mass is 19.2. The first-order chi connectivity index (χ1) is 8.39. The summed E-state index contributed by atoms with van der Waals surface area (Å²) in [5.41, 5.74) is -0.611. The summed E-state index contributed by atoms with van der Waals surface area (Å²) < 4.78 is 25.8. The standard InChI is InChI=1S/C13H15F2NO2/c1-13(18)4-6-16(7-5-13)12(17)9-2-3-10(14)11(15)8-9/h2-3,8,18H,4-7H2,1H3. The lowest BCUT2D eigenvalue weighted by molar-refractivity contribution is -0.00204. The van der Waals surface area contributed by atoms with E-state index in [0.717, 1.165) is 12.1 Å². The molecule has 1 saturated heterocycles. The Bertz CT molecular complexity index is 464. The third-order valence-corrected chi connectivity index (χ3v) is 3.29. The summed E-state index contributed by atoms with van der Waals surface area (Å²) in [5.74, 6) is -2.32. The number of rotatable bonds is 1. The zero-order chi connectivity index (χ0) is 13.3. The van der Waals surface area contributed by atoms with Crippen LogP contribution in [0, 0.1) is 11.6 Å². The van der Waals surface area contributed by atoms with Gasteiger partial charge in [-0.05, 0) is 38.0 Å². The molecule has 2 rings (SSSR count). The molecule has 0 saturated carbocycles. The molecule has 0 bridgehead atoms. The van der Waals surface area contributed by atoms with Crippen LogP contribution in [0.5, 0.6) is 0 Å². The summed E-state index contributed by atoms with van der Waals surface area (Å²) in [6, 6.07) is 3.13. The van der Waals surface area contributed by atoms with Crippen LogP contribution in [0.4, 0.5) is 8.78 Å². The number of hydrogen-bond acceptors (Lipinski definition) is 2. The van der Waals surface area contributed by atoms with Crippen LogP contribution in [0.15, 0.2) is 18.2 Å². The molecule has 1 N–H and O–H groups in total. The molecular formula is C13H15F2NO2. The Kier molecular flexibility index (Phi) is 3.34. The fourth-order valence-corrected chi connectivity index (χ4v) is 2.00. The largest absolute Gasteiger partial charge is 0.390 e. The number of carbonyl (C=O) groups is 1. The lowest BCUT2D eigenvalue weighted by Gasteiger charge is -2.35. The number of aliphatic hydroxyl groups is 1. The van der Waals surface area contributed by atoms with Crippen molar-refractivity contribution in [3.63, 3.8) is 0 Å². The van der Waals surface area contributed by atoms with Crippen molar-refractivity contribution in [2.75, 3.05) is 13.1 Å². The SMILES string of the molecule is CC1(O)CCN(C(=O)c2ccc(F)c(F)c2)CC1. The highest BCUT2D eigenvalue weighted by Gasteiger charge is 2.30. The van der Waals surface area contributed by atoms with Gasteiger partial charge >= 0.3 is 0 Å². The third-order valence-electron chi connectivity index (χ3n) is 3.29. The number of piperidine rings is 1. The van der Waals surface area contributed by atoms with Crippen molar-refractivity contribution in [3.05, 3.63) is 35.4 Å². The van der Waals surface area contributed by atoms with E-state index in [1.54, 1.807) is 11.8 Å². The molecule has 98 valence electrons. The third kappa shape index (κ3) is 2.67. The van der Waals surface area contributed by atoms with E-state index in [1.807, 2.05) is 0 Å². The maximum atomic E-state index is 13.0. The number of hydrogen-bond donors (Lipinski definition) is 1. The van der Waals surface area contributed by atoms with Gasteiger partial charge in [-0.2, -0.15) is 0 Å². The minimum atomic E-state index is -1.02. The first-order valence-corrected chi connectivity index (χ1v) is 5.86. The molecule has 1 aromatic carbocycles. The average molecular weight is 255 g/mol. The van der Waals surface area contributed by atoms with Crippen LogP contribution in [-0.4, -0.2) is 34.6 Å². The second-order valence-corrected chi connectivity index (χ2v) is 4.92. The molecule has 0 radical (unpaired) electrons. The normalized spacial score (nSPS) is 18.8. The van der Waals surface area contributed by atoms with E-state index < -0.39 is 17.2 Å². The Labute approximate surface area is 104 Å². The first kappa shape index (κ1) is 13.0. The summed E-state index contributed by atoms with van der Waals surface area (Å²) in [7, 11) is 0. The van der Waals surface area contributed by atoms with E-state index in [0.29, 0.717) is 25.9 Å². The summed E-state index contributed by atoms with van der Waals surface area (Å²) in [5, 5.41) is 9.78. The van der Waals surface area contributed by atoms with Gasteiger partial charge in [0, 0.05) is 18.7 Å². The molecule has 18 heavy (non-hydrogen) atoms. The quantitative estimate of drug-likeness (QED) is 0.833. The van der Waals surface area contributed by atoms with Crippen LogP contribution in [-0.2, 0) is 0 Å². The van der Waals surface area contributed by atoms with Gasteiger partial charge in [-0.3, -0.25) is 4.79 Å². The van der Waals surface area contributed by atoms with Gasteiger partial charge in [0.2, 0.25) is 0 Å². The molecule has 0 unspecified atom stereocenters. The highest BCUT2D eigenvalue weighted by molar-refractivity contribution is 5.94. The van der Waals surface area contributed by atoms with Gasteiger partial charge in [-0.25, -0.2) is 8.78 Å². The Hall–Kier alpha value is -1.49. The second kappa shape index (κ2) is 4.65. The summed E-state index contributed by atoms with van der Waals surface area (Å²) >= 11 is 0. The zero-order valence-corrected chi connectivity index (χ0v) is 10.1. The predicted octanol–water partition coefficient (Wildman–Crippen LogP) is 1.95. The molecule has 1 amide bonds. The fraction of sp³-hybridized carbons (Fsp3) is 0.462.